The summed E-state index contributed by atoms with van der Waals surface area (Å²) in [6.07, 6.45) is 6.42. The van der Waals surface area contributed by atoms with E-state index >= 15 is 0 Å². The summed E-state index contributed by atoms with van der Waals surface area (Å²) in [5, 5.41) is 0. The van der Waals surface area contributed by atoms with Gasteiger partial charge in [-0.05, 0) is 12.8 Å². The molecule has 1 aliphatic rings. The first-order valence-electron chi connectivity index (χ1n) is 6.01. The van der Waals surface area contributed by atoms with Crippen molar-refractivity contribution < 1.29 is 8.42 Å². The molecular weight excluding hydrogens is 262 g/mol. The smallest absolute Gasteiger partial charge is 0.276 e. The topological polar surface area (TPSA) is 84.2 Å². The first-order chi connectivity index (χ1) is 7.47. The highest BCUT2D eigenvalue weighted by Crippen LogP contribution is 2.24. The van der Waals surface area contributed by atoms with Crippen molar-refractivity contribution >= 4 is 22.6 Å². The molecule has 5 nitrogen and oxygen atoms in total. The molecule has 0 aromatic carbocycles. The molecule has 0 bridgehead atoms. The van der Waals surface area contributed by atoms with E-state index in [-0.39, 0.29) is 17.9 Å². The van der Waals surface area contributed by atoms with E-state index in [4.69, 9.17) is 5.73 Å². The lowest BCUT2D eigenvalue weighted by molar-refractivity contribution is 0.368. The van der Waals surface area contributed by atoms with Gasteiger partial charge in [0.25, 0.3) is 10.2 Å². The van der Waals surface area contributed by atoms with Crippen LogP contribution >= 0.6 is 12.4 Å². The van der Waals surface area contributed by atoms with Crippen LogP contribution in [0.2, 0.25) is 0 Å². The second kappa shape index (κ2) is 7.53. The van der Waals surface area contributed by atoms with Gasteiger partial charge in [0.05, 0.1) is 0 Å². The Morgan fingerprint density at radius 1 is 1.12 bits per heavy atom. The summed E-state index contributed by atoms with van der Waals surface area (Å²) in [7, 11) is -3.36. The number of nitrogens with one attached hydrogen (secondary N) is 2. The summed E-state index contributed by atoms with van der Waals surface area (Å²) in [6.45, 7) is 2.48. The van der Waals surface area contributed by atoms with Gasteiger partial charge in [-0.25, -0.2) is 9.44 Å². The Bertz CT molecular complexity index is 301. The number of halogens is 1. The van der Waals surface area contributed by atoms with E-state index in [1.54, 1.807) is 6.92 Å². The van der Waals surface area contributed by atoms with Crippen LogP contribution in [-0.2, 0) is 10.2 Å². The highest BCUT2D eigenvalue weighted by molar-refractivity contribution is 7.87. The van der Waals surface area contributed by atoms with Gasteiger partial charge in [0, 0.05) is 18.6 Å². The van der Waals surface area contributed by atoms with Gasteiger partial charge in [-0.15, -0.1) is 12.4 Å². The maximum absolute atomic E-state index is 11.4. The Labute approximate surface area is 111 Å². The molecule has 0 aliphatic heterocycles. The molecule has 4 N–H and O–H groups in total. The van der Waals surface area contributed by atoms with E-state index in [0.29, 0.717) is 13.1 Å². The zero-order chi connectivity index (χ0) is 12.1. The van der Waals surface area contributed by atoms with Crippen LogP contribution in [0.4, 0.5) is 0 Å². The van der Waals surface area contributed by atoms with E-state index in [2.05, 4.69) is 9.44 Å². The lowest BCUT2D eigenvalue weighted by Crippen LogP contribution is -2.51. The molecule has 1 rings (SSSR count). The van der Waals surface area contributed by atoms with Crippen LogP contribution in [0.25, 0.3) is 0 Å². The lowest BCUT2D eigenvalue weighted by Gasteiger charge is -2.28. The van der Waals surface area contributed by atoms with Crippen LogP contribution in [0.5, 0.6) is 0 Å². The standard InChI is InChI=1S/C10H23N3O2S.ClH/c1-2-12-16(14,15)13-9-10(11)7-5-3-4-6-8-10;/h12-13H,2-9,11H2,1H3;1H. The molecule has 0 unspecified atom stereocenters. The Balaban J connectivity index is 0.00000256. The van der Waals surface area contributed by atoms with Gasteiger partial charge < -0.3 is 5.73 Å². The third-order valence-electron chi connectivity index (χ3n) is 3.05. The van der Waals surface area contributed by atoms with Crippen molar-refractivity contribution in [1.29, 1.82) is 0 Å². The Morgan fingerprint density at radius 2 is 1.65 bits per heavy atom. The predicted octanol–water partition coefficient (Wildman–Crippen LogP) is 0.904. The molecule has 104 valence electrons. The molecule has 7 heteroatoms. The fraction of sp³-hybridized carbons (Fsp3) is 1.00. The molecule has 1 fully saturated rings. The second-order valence-corrected chi connectivity index (χ2v) is 6.18. The van der Waals surface area contributed by atoms with E-state index < -0.39 is 10.2 Å². The van der Waals surface area contributed by atoms with Crippen molar-refractivity contribution in [3.8, 4) is 0 Å². The van der Waals surface area contributed by atoms with Crippen LogP contribution in [0, 0.1) is 0 Å². The molecule has 0 saturated heterocycles. The molecule has 17 heavy (non-hydrogen) atoms. The summed E-state index contributed by atoms with van der Waals surface area (Å²) >= 11 is 0. The van der Waals surface area contributed by atoms with Crippen molar-refractivity contribution in [2.75, 3.05) is 13.1 Å². The SMILES string of the molecule is CCNS(=O)(=O)NCC1(N)CCCCCC1.Cl. The molecular formula is C10H24ClN3O2S. The van der Waals surface area contributed by atoms with Gasteiger partial charge in [-0.2, -0.15) is 8.42 Å². The molecule has 0 radical (unpaired) electrons. The normalized spacial score (nSPS) is 20.4. The zero-order valence-corrected chi connectivity index (χ0v) is 12.0. The lowest BCUT2D eigenvalue weighted by atomic mass is 9.92. The van der Waals surface area contributed by atoms with E-state index in [1.165, 1.54) is 12.8 Å². The zero-order valence-electron chi connectivity index (χ0n) is 10.4. The number of nitrogens with two attached hydrogens (primary N) is 1. The average molecular weight is 286 g/mol. The van der Waals surface area contributed by atoms with Crippen LogP contribution in [0.15, 0.2) is 0 Å². The Kier molecular flexibility index (Phi) is 7.58. The minimum atomic E-state index is -3.36. The quantitative estimate of drug-likeness (QED) is 0.656. The summed E-state index contributed by atoms with van der Waals surface area (Å²) in [5.41, 5.74) is 5.85. The van der Waals surface area contributed by atoms with Gasteiger partial charge in [0.15, 0.2) is 0 Å². The average Bonchev–Trinajstić information content (AvgIpc) is 2.41. The Morgan fingerprint density at radius 3 is 2.12 bits per heavy atom. The molecule has 0 amide bonds. The summed E-state index contributed by atoms with van der Waals surface area (Å²) in [4.78, 5) is 0. The van der Waals surface area contributed by atoms with Crippen molar-refractivity contribution in [1.82, 2.24) is 9.44 Å². The van der Waals surface area contributed by atoms with E-state index in [0.717, 1.165) is 25.7 Å². The monoisotopic (exact) mass is 285 g/mol. The molecule has 0 aromatic heterocycles. The largest absolute Gasteiger partial charge is 0.324 e. The second-order valence-electron chi connectivity index (χ2n) is 4.60. The van der Waals surface area contributed by atoms with Crippen molar-refractivity contribution in [3.63, 3.8) is 0 Å². The number of rotatable bonds is 5. The summed E-state index contributed by atoms with van der Waals surface area (Å²) in [5.74, 6) is 0. The molecule has 0 heterocycles. The van der Waals surface area contributed by atoms with Crippen LogP contribution in [0.1, 0.15) is 45.4 Å². The first-order valence-corrected chi connectivity index (χ1v) is 7.49. The molecule has 0 aromatic rings. The first kappa shape index (κ1) is 17.1. The molecule has 1 aliphatic carbocycles. The fourth-order valence-electron chi connectivity index (χ4n) is 2.09. The van der Waals surface area contributed by atoms with Crippen LogP contribution in [0.3, 0.4) is 0 Å². The van der Waals surface area contributed by atoms with Gasteiger partial charge in [0.2, 0.25) is 0 Å². The van der Waals surface area contributed by atoms with Crippen LogP contribution in [-0.4, -0.2) is 27.0 Å². The summed E-state index contributed by atoms with van der Waals surface area (Å²) < 4.78 is 27.8. The molecule has 1 saturated carbocycles. The molecule has 0 atom stereocenters. The third kappa shape index (κ3) is 6.57. The maximum atomic E-state index is 11.4. The number of hydrogen-bond acceptors (Lipinski definition) is 3. The van der Waals surface area contributed by atoms with Crippen LogP contribution < -0.4 is 15.2 Å². The highest BCUT2D eigenvalue weighted by Gasteiger charge is 2.27. The van der Waals surface area contributed by atoms with Gasteiger partial charge >= 0.3 is 0 Å². The Hall–Kier alpha value is 0.120. The third-order valence-corrected chi connectivity index (χ3v) is 4.24. The van der Waals surface area contributed by atoms with Gasteiger partial charge in [-0.3, -0.25) is 0 Å². The fourth-order valence-corrected chi connectivity index (χ4v) is 3.05. The minimum Gasteiger partial charge on any atom is -0.324 e. The minimum absolute atomic E-state index is 0. The number of hydrogen-bond donors (Lipinski definition) is 3. The van der Waals surface area contributed by atoms with Gasteiger partial charge in [0.1, 0.15) is 0 Å². The summed E-state index contributed by atoms with van der Waals surface area (Å²) in [6, 6.07) is 0. The van der Waals surface area contributed by atoms with Crippen molar-refractivity contribution in [2.45, 2.75) is 51.0 Å². The van der Waals surface area contributed by atoms with Gasteiger partial charge in [-0.1, -0.05) is 32.6 Å². The van der Waals surface area contributed by atoms with E-state index in [9.17, 15) is 8.42 Å². The predicted molar refractivity (Wildman–Crippen MR) is 72.5 cm³/mol. The van der Waals surface area contributed by atoms with Crippen molar-refractivity contribution in [3.05, 3.63) is 0 Å². The highest BCUT2D eigenvalue weighted by atomic mass is 35.5. The van der Waals surface area contributed by atoms with Crippen molar-refractivity contribution in [2.24, 2.45) is 5.73 Å². The van der Waals surface area contributed by atoms with E-state index in [1.807, 2.05) is 0 Å². The maximum Gasteiger partial charge on any atom is 0.276 e. The molecule has 0 spiro atoms.